The van der Waals surface area contributed by atoms with E-state index in [1.807, 2.05) is 0 Å². The normalized spacial score (nSPS) is 24.0. The molecule has 2 rings (SSSR count). The second-order valence-corrected chi connectivity index (χ2v) is 6.47. The van der Waals surface area contributed by atoms with Gasteiger partial charge in [0.2, 0.25) is 0 Å². The highest BCUT2D eigenvalue weighted by Gasteiger charge is 2.26. The van der Waals surface area contributed by atoms with Crippen LogP contribution < -0.4 is 0 Å². The van der Waals surface area contributed by atoms with Crippen LogP contribution in [0.4, 0.5) is 8.78 Å². The number of rotatable bonds is 6. The van der Waals surface area contributed by atoms with Crippen LogP contribution in [0.2, 0.25) is 0 Å². The number of unbranched alkanes of at least 4 members (excludes halogenated alkanes) is 1. The molecular weight excluding hydrogens is 270 g/mol. The monoisotopic (exact) mass is 296 g/mol. The van der Waals surface area contributed by atoms with Gasteiger partial charge in [-0.3, -0.25) is 0 Å². The summed E-state index contributed by atoms with van der Waals surface area (Å²) in [7, 11) is 0. The van der Waals surface area contributed by atoms with Crippen LogP contribution >= 0.6 is 0 Å². The van der Waals surface area contributed by atoms with Gasteiger partial charge in [0, 0.05) is 6.07 Å². The predicted molar refractivity (Wildman–Crippen MR) is 81.0 cm³/mol. The second-order valence-electron chi connectivity index (χ2n) is 6.47. The Balaban J connectivity index is 1.83. The van der Waals surface area contributed by atoms with Gasteiger partial charge in [0.25, 0.3) is 0 Å². The highest BCUT2D eigenvalue weighted by molar-refractivity contribution is 5.18. The van der Waals surface area contributed by atoms with E-state index in [-0.39, 0.29) is 5.92 Å². The first-order valence-corrected chi connectivity index (χ1v) is 8.21. The number of benzene rings is 1. The molecule has 0 heterocycles. The van der Waals surface area contributed by atoms with Crippen molar-refractivity contribution in [1.29, 1.82) is 0 Å². The molecule has 1 nitrogen and oxygen atoms in total. The summed E-state index contributed by atoms with van der Waals surface area (Å²) >= 11 is 0. The molecule has 0 spiro atoms. The smallest absolute Gasteiger partial charge is 0.126 e. The fourth-order valence-corrected chi connectivity index (χ4v) is 3.49. The molecule has 1 atom stereocenters. The van der Waals surface area contributed by atoms with Crippen molar-refractivity contribution in [3.63, 3.8) is 0 Å². The van der Waals surface area contributed by atoms with Crippen molar-refractivity contribution >= 4 is 0 Å². The minimum Gasteiger partial charge on any atom is -0.392 e. The van der Waals surface area contributed by atoms with E-state index in [0.29, 0.717) is 12.0 Å². The summed E-state index contributed by atoms with van der Waals surface area (Å²) in [5, 5.41) is 10.3. The fourth-order valence-electron chi connectivity index (χ4n) is 3.49. The maximum atomic E-state index is 13.2. The van der Waals surface area contributed by atoms with E-state index >= 15 is 0 Å². The van der Waals surface area contributed by atoms with Crippen LogP contribution in [-0.2, 0) is 6.42 Å². The number of aliphatic hydroxyl groups excluding tert-OH is 1. The maximum absolute atomic E-state index is 13.2. The Morgan fingerprint density at radius 3 is 2.29 bits per heavy atom. The van der Waals surface area contributed by atoms with Gasteiger partial charge < -0.3 is 5.11 Å². The standard InChI is InChI=1S/C18H26F2O/c1-2-3-4-13-5-7-15(8-6-13)18(21)11-14-9-16(19)12-17(20)10-14/h9-10,12-13,15,18,21H,2-8,11H2,1H3. The molecule has 3 heteroatoms. The van der Waals surface area contributed by atoms with E-state index in [0.717, 1.165) is 24.8 Å². The van der Waals surface area contributed by atoms with E-state index in [2.05, 4.69) is 6.92 Å². The molecule has 1 aromatic carbocycles. The lowest BCUT2D eigenvalue weighted by molar-refractivity contribution is 0.0725. The van der Waals surface area contributed by atoms with Crippen molar-refractivity contribution in [3.8, 4) is 0 Å². The molecule has 1 saturated carbocycles. The highest BCUT2D eigenvalue weighted by Crippen LogP contribution is 2.34. The van der Waals surface area contributed by atoms with Gasteiger partial charge >= 0.3 is 0 Å². The largest absolute Gasteiger partial charge is 0.392 e. The number of hydrogen-bond donors (Lipinski definition) is 1. The van der Waals surface area contributed by atoms with Gasteiger partial charge in [0.05, 0.1) is 6.10 Å². The van der Waals surface area contributed by atoms with Crippen LogP contribution in [0.15, 0.2) is 18.2 Å². The van der Waals surface area contributed by atoms with Gasteiger partial charge in [-0.2, -0.15) is 0 Å². The van der Waals surface area contributed by atoms with Gasteiger partial charge in [0.1, 0.15) is 11.6 Å². The van der Waals surface area contributed by atoms with Gasteiger partial charge in [0.15, 0.2) is 0 Å². The molecule has 0 radical (unpaired) electrons. The molecule has 21 heavy (non-hydrogen) atoms. The molecule has 0 aliphatic heterocycles. The third kappa shape index (κ3) is 5.06. The van der Waals surface area contributed by atoms with Crippen LogP contribution in [0.25, 0.3) is 0 Å². The first-order valence-electron chi connectivity index (χ1n) is 8.21. The number of aliphatic hydroxyl groups is 1. The summed E-state index contributed by atoms with van der Waals surface area (Å²) in [6, 6.07) is 3.51. The Hall–Kier alpha value is -0.960. The molecule has 1 N–H and O–H groups in total. The first-order chi connectivity index (χ1) is 10.1. The van der Waals surface area contributed by atoms with E-state index in [1.54, 1.807) is 0 Å². The lowest BCUT2D eigenvalue weighted by Gasteiger charge is -2.31. The van der Waals surface area contributed by atoms with Crippen LogP contribution in [0.1, 0.15) is 57.4 Å². The van der Waals surface area contributed by atoms with E-state index < -0.39 is 17.7 Å². The fraction of sp³-hybridized carbons (Fsp3) is 0.667. The van der Waals surface area contributed by atoms with Crippen molar-refractivity contribution in [2.75, 3.05) is 0 Å². The van der Waals surface area contributed by atoms with E-state index in [9.17, 15) is 13.9 Å². The number of hydrogen-bond acceptors (Lipinski definition) is 1. The Bertz CT molecular complexity index is 419. The third-order valence-electron chi connectivity index (χ3n) is 4.77. The predicted octanol–water partition coefficient (Wildman–Crippen LogP) is 4.86. The van der Waals surface area contributed by atoms with Gasteiger partial charge in [-0.25, -0.2) is 8.78 Å². The summed E-state index contributed by atoms with van der Waals surface area (Å²) in [6.07, 6.45) is 8.12. The molecule has 1 aliphatic carbocycles. The molecule has 1 aromatic rings. The maximum Gasteiger partial charge on any atom is 0.126 e. The summed E-state index contributed by atoms with van der Waals surface area (Å²) < 4.78 is 26.3. The molecule has 1 fully saturated rings. The highest BCUT2D eigenvalue weighted by atomic mass is 19.1. The molecule has 0 aromatic heterocycles. The molecule has 1 unspecified atom stereocenters. The topological polar surface area (TPSA) is 20.2 Å². The van der Waals surface area contributed by atoms with Crippen molar-refractivity contribution in [2.45, 2.75) is 64.4 Å². The van der Waals surface area contributed by atoms with Gasteiger partial charge in [-0.15, -0.1) is 0 Å². The summed E-state index contributed by atoms with van der Waals surface area (Å²) in [4.78, 5) is 0. The minimum atomic E-state index is -0.569. The van der Waals surface area contributed by atoms with Gasteiger partial charge in [-0.05, 0) is 48.8 Å². The van der Waals surface area contributed by atoms with Crippen LogP contribution in [0.3, 0.4) is 0 Å². The molecule has 0 amide bonds. The summed E-state index contributed by atoms with van der Waals surface area (Å²) in [5.41, 5.74) is 0.549. The van der Waals surface area contributed by atoms with Crippen molar-refractivity contribution < 1.29 is 13.9 Å². The number of halogens is 2. The third-order valence-corrected chi connectivity index (χ3v) is 4.77. The molecule has 0 bridgehead atoms. The van der Waals surface area contributed by atoms with Crippen LogP contribution in [-0.4, -0.2) is 11.2 Å². The molecule has 1 aliphatic rings. The SMILES string of the molecule is CCCCC1CCC(C(O)Cc2cc(F)cc(F)c2)CC1. The van der Waals surface area contributed by atoms with Crippen molar-refractivity contribution in [1.82, 2.24) is 0 Å². The Kier molecular flexibility index (Phi) is 6.16. The average molecular weight is 296 g/mol. The van der Waals surface area contributed by atoms with E-state index in [1.165, 1.54) is 44.2 Å². The van der Waals surface area contributed by atoms with Crippen LogP contribution in [0, 0.1) is 23.5 Å². The van der Waals surface area contributed by atoms with Crippen molar-refractivity contribution in [2.24, 2.45) is 11.8 Å². The second kappa shape index (κ2) is 7.88. The molecule has 118 valence electrons. The van der Waals surface area contributed by atoms with Gasteiger partial charge in [-0.1, -0.05) is 39.0 Å². The summed E-state index contributed by atoms with van der Waals surface area (Å²) in [5.74, 6) is -0.0600. The quantitative estimate of drug-likeness (QED) is 0.794. The zero-order chi connectivity index (χ0) is 15.2. The zero-order valence-electron chi connectivity index (χ0n) is 12.8. The average Bonchev–Trinajstić information content (AvgIpc) is 2.44. The molecular formula is C18H26F2O. The first kappa shape index (κ1) is 16.4. The lowest BCUT2D eigenvalue weighted by atomic mass is 9.76. The van der Waals surface area contributed by atoms with Crippen molar-refractivity contribution in [3.05, 3.63) is 35.4 Å². The Labute approximate surface area is 126 Å². The Morgan fingerprint density at radius 2 is 1.71 bits per heavy atom. The zero-order valence-corrected chi connectivity index (χ0v) is 12.8. The lowest BCUT2D eigenvalue weighted by Crippen LogP contribution is -2.27. The summed E-state index contributed by atoms with van der Waals surface area (Å²) in [6.45, 7) is 2.22. The Morgan fingerprint density at radius 1 is 1.10 bits per heavy atom. The minimum absolute atomic E-state index is 0.272. The van der Waals surface area contributed by atoms with E-state index in [4.69, 9.17) is 0 Å². The van der Waals surface area contributed by atoms with Crippen LogP contribution in [0.5, 0.6) is 0 Å². The molecule has 0 saturated heterocycles.